The van der Waals surface area contributed by atoms with Crippen molar-refractivity contribution in [1.82, 2.24) is 0 Å². The normalized spacial score (nSPS) is 12.0. The van der Waals surface area contributed by atoms with Crippen molar-refractivity contribution >= 4 is 30.0 Å². The Morgan fingerprint density at radius 1 is 0.800 bits per heavy atom. The monoisotopic (exact) mass is 344 g/mol. The van der Waals surface area contributed by atoms with Gasteiger partial charge in [-0.2, -0.15) is 12.6 Å². The van der Waals surface area contributed by atoms with Gasteiger partial charge in [0.05, 0.1) is 0 Å². The van der Waals surface area contributed by atoms with Crippen LogP contribution in [0.4, 0.5) is 0 Å². The maximum atomic E-state index is 5.24. The minimum Gasteiger partial charge on any atom is -0.398 e. The molecule has 0 rings (SSSR count). The van der Waals surface area contributed by atoms with Crippen LogP contribution in [0.25, 0.3) is 0 Å². The Kier molecular flexibility index (Phi) is 15.2. The molecule has 0 saturated carbocycles. The minimum atomic E-state index is -2.29. The van der Waals surface area contributed by atoms with E-state index < -0.39 is 17.4 Å². The van der Waals surface area contributed by atoms with Crippen LogP contribution in [-0.4, -0.2) is 58.7 Å². The fraction of sp³-hybridized carbons (Fsp3) is 1.00. The third kappa shape index (κ3) is 9.51. The Morgan fingerprint density at radius 2 is 1.25 bits per heavy atom. The third-order valence-electron chi connectivity index (χ3n) is 3.14. The summed E-state index contributed by atoms with van der Waals surface area (Å²) in [7, 11) is 4.34. The summed E-state index contributed by atoms with van der Waals surface area (Å²) in [5.41, 5.74) is 0. The van der Waals surface area contributed by atoms with Crippen LogP contribution in [0.5, 0.6) is 0 Å². The lowest BCUT2D eigenvalue weighted by molar-refractivity contribution is 0.123. The van der Waals surface area contributed by atoms with Crippen LogP contribution in [-0.2, 0) is 22.1 Å². The van der Waals surface area contributed by atoms with E-state index in [0.29, 0.717) is 0 Å². The zero-order chi connectivity index (χ0) is 16.1. The maximum Gasteiger partial charge on any atom is 0.500 e. The van der Waals surface area contributed by atoms with Crippen molar-refractivity contribution < 1.29 is 22.1 Å². The molecular formula is C12H32O5SSi2. The van der Waals surface area contributed by atoms with Crippen molar-refractivity contribution in [3.05, 3.63) is 0 Å². The summed E-state index contributed by atoms with van der Waals surface area (Å²) in [6, 6.07) is 1.92. The predicted octanol–water partition coefficient (Wildman–Crippen LogP) is 2.95. The van der Waals surface area contributed by atoms with Gasteiger partial charge in [0.25, 0.3) is 0 Å². The molecule has 0 aliphatic heterocycles. The average Bonchev–Trinajstić information content (AvgIpc) is 2.50. The first-order chi connectivity index (χ1) is 9.42. The molecule has 0 aromatic carbocycles. The molecule has 124 valence electrons. The predicted molar refractivity (Wildman–Crippen MR) is 90.8 cm³/mol. The molecule has 0 aromatic rings. The van der Waals surface area contributed by atoms with E-state index >= 15 is 0 Å². The van der Waals surface area contributed by atoms with E-state index in [0.717, 1.165) is 30.7 Å². The molecule has 0 aliphatic carbocycles. The molecule has 0 atom stereocenters. The standard InChI is InChI=1S/C6H16O3SSi.C6H16O2Si/c1-7-11(8-2,9-3)6-4-5-10;1-5-6-9(4,7-2)8-3/h10H,4-6H2,1-3H3;5-6H2,1-4H3. The van der Waals surface area contributed by atoms with E-state index in [1.54, 1.807) is 35.5 Å². The van der Waals surface area contributed by atoms with Gasteiger partial charge in [-0.3, -0.25) is 0 Å². The van der Waals surface area contributed by atoms with Crippen LogP contribution in [0.1, 0.15) is 19.8 Å². The Balaban J connectivity index is 0. The van der Waals surface area contributed by atoms with Crippen LogP contribution in [0, 0.1) is 0 Å². The zero-order valence-electron chi connectivity index (χ0n) is 14.0. The van der Waals surface area contributed by atoms with Gasteiger partial charge < -0.3 is 22.1 Å². The van der Waals surface area contributed by atoms with E-state index in [-0.39, 0.29) is 0 Å². The minimum absolute atomic E-state index is 0.833. The van der Waals surface area contributed by atoms with Crippen molar-refractivity contribution in [2.45, 2.75) is 38.4 Å². The molecule has 0 heterocycles. The lowest BCUT2D eigenvalue weighted by Gasteiger charge is -2.23. The van der Waals surface area contributed by atoms with Crippen molar-refractivity contribution in [2.75, 3.05) is 41.3 Å². The molecular weight excluding hydrogens is 312 g/mol. The highest BCUT2D eigenvalue weighted by molar-refractivity contribution is 7.80. The summed E-state index contributed by atoms with van der Waals surface area (Å²) in [6.45, 7) is 4.22. The molecule has 0 bridgehead atoms. The van der Waals surface area contributed by atoms with E-state index in [1.807, 2.05) is 0 Å². The Labute approximate surface area is 132 Å². The van der Waals surface area contributed by atoms with Gasteiger partial charge in [0.2, 0.25) is 0 Å². The van der Waals surface area contributed by atoms with Crippen molar-refractivity contribution in [1.29, 1.82) is 0 Å². The fourth-order valence-corrected chi connectivity index (χ4v) is 5.25. The van der Waals surface area contributed by atoms with Gasteiger partial charge in [0, 0.05) is 41.6 Å². The van der Waals surface area contributed by atoms with Crippen LogP contribution in [0.3, 0.4) is 0 Å². The zero-order valence-corrected chi connectivity index (χ0v) is 16.9. The average molecular weight is 345 g/mol. The topological polar surface area (TPSA) is 46.2 Å². The first-order valence-corrected chi connectivity index (χ1v) is 11.9. The van der Waals surface area contributed by atoms with Crippen LogP contribution in [0.15, 0.2) is 0 Å². The lowest BCUT2D eigenvalue weighted by Crippen LogP contribution is -2.42. The molecule has 0 spiro atoms. The molecule has 0 saturated heterocycles. The number of rotatable bonds is 10. The highest BCUT2D eigenvalue weighted by Gasteiger charge is 2.36. The Hall–Kier alpha value is 0.584. The van der Waals surface area contributed by atoms with E-state index in [4.69, 9.17) is 22.1 Å². The molecule has 0 amide bonds. The van der Waals surface area contributed by atoms with Gasteiger partial charge >= 0.3 is 17.4 Å². The van der Waals surface area contributed by atoms with Gasteiger partial charge in [-0.1, -0.05) is 13.3 Å². The molecule has 0 radical (unpaired) electrons. The second-order valence-corrected chi connectivity index (χ2v) is 11.5. The first-order valence-electron chi connectivity index (χ1n) is 6.79. The lowest BCUT2D eigenvalue weighted by atomic mass is 10.6. The van der Waals surface area contributed by atoms with Crippen molar-refractivity contribution in [2.24, 2.45) is 0 Å². The Bertz CT molecular complexity index is 206. The quantitative estimate of drug-likeness (QED) is 0.488. The van der Waals surface area contributed by atoms with Gasteiger partial charge in [-0.25, -0.2) is 0 Å². The highest BCUT2D eigenvalue weighted by atomic mass is 32.1. The molecule has 0 fully saturated rings. The second kappa shape index (κ2) is 13.3. The van der Waals surface area contributed by atoms with Crippen LogP contribution < -0.4 is 0 Å². The van der Waals surface area contributed by atoms with Crippen molar-refractivity contribution in [3.8, 4) is 0 Å². The van der Waals surface area contributed by atoms with Gasteiger partial charge in [-0.05, 0) is 24.8 Å². The molecule has 0 N–H and O–H groups in total. The number of hydrogen-bond acceptors (Lipinski definition) is 6. The largest absolute Gasteiger partial charge is 0.500 e. The molecule has 0 unspecified atom stereocenters. The maximum absolute atomic E-state index is 5.24. The molecule has 20 heavy (non-hydrogen) atoms. The SMILES string of the molecule is CCC[Si](C)(OC)OC.CO[Si](CCCS)(OC)OC. The first kappa shape index (κ1) is 22.9. The fourth-order valence-electron chi connectivity index (χ4n) is 1.59. The summed E-state index contributed by atoms with van der Waals surface area (Å²) in [5, 5.41) is 0. The van der Waals surface area contributed by atoms with E-state index in [1.165, 1.54) is 0 Å². The highest BCUT2D eigenvalue weighted by Crippen LogP contribution is 2.14. The third-order valence-corrected chi connectivity index (χ3v) is 9.43. The second-order valence-electron chi connectivity index (χ2n) is 4.41. The smallest absolute Gasteiger partial charge is 0.398 e. The molecule has 8 heteroatoms. The van der Waals surface area contributed by atoms with E-state index in [9.17, 15) is 0 Å². The summed E-state index contributed by atoms with van der Waals surface area (Å²) in [5.74, 6) is 0.838. The van der Waals surface area contributed by atoms with Crippen LogP contribution >= 0.6 is 12.6 Å². The number of hydrogen-bond donors (Lipinski definition) is 1. The number of thiol groups is 1. The molecule has 0 aromatic heterocycles. The molecule has 0 aliphatic rings. The summed E-state index contributed by atoms with van der Waals surface area (Å²) < 4.78 is 26.1. The summed E-state index contributed by atoms with van der Waals surface area (Å²) >= 11 is 4.10. The summed E-state index contributed by atoms with van der Waals surface area (Å²) in [6.07, 6.45) is 2.11. The molecule has 5 nitrogen and oxygen atoms in total. The van der Waals surface area contributed by atoms with Gasteiger partial charge in [0.1, 0.15) is 0 Å². The van der Waals surface area contributed by atoms with Crippen molar-refractivity contribution in [3.63, 3.8) is 0 Å². The van der Waals surface area contributed by atoms with E-state index in [2.05, 4.69) is 26.1 Å². The van der Waals surface area contributed by atoms with Gasteiger partial charge in [0.15, 0.2) is 0 Å². The van der Waals surface area contributed by atoms with Crippen LogP contribution in [0.2, 0.25) is 18.6 Å². The summed E-state index contributed by atoms with van der Waals surface area (Å²) in [4.78, 5) is 0. The van der Waals surface area contributed by atoms with Gasteiger partial charge in [-0.15, -0.1) is 0 Å². The Morgan fingerprint density at radius 3 is 1.45 bits per heavy atom.